The maximum Gasteiger partial charge on any atom is 0.127 e. The zero-order valence-electron chi connectivity index (χ0n) is 12.2. The third-order valence-corrected chi connectivity index (χ3v) is 3.91. The van der Waals surface area contributed by atoms with Crippen LogP contribution in [0.1, 0.15) is 41.6 Å². The van der Waals surface area contributed by atoms with E-state index in [-0.39, 0.29) is 6.04 Å². The lowest BCUT2D eigenvalue weighted by Crippen LogP contribution is -2.28. The van der Waals surface area contributed by atoms with E-state index >= 15 is 0 Å². The van der Waals surface area contributed by atoms with Crippen LogP contribution in [-0.2, 0) is 0 Å². The van der Waals surface area contributed by atoms with Gasteiger partial charge in [-0.05, 0) is 49.9 Å². The van der Waals surface area contributed by atoms with Gasteiger partial charge in [-0.15, -0.1) is 0 Å². The van der Waals surface area contributed by atoms with E-state index in [0.717, 1.165) is 17.7 Å². The standard InChI is InChI=1S/C15H26N2O/c1-6-12(8-16)14(17)13-10(3)7-9(2)11(4)15(13)18-5/h7,12,14H,6,8,16-17H2,1-5H3. The van der Waals surface area contributed by atoms with Crippen molar-refractivity contribution < 1.29 is 4.74 Å². The molecule has 3 heteroatoms. The van der Waals surface area contributed by atoms with Crippen LogP contribution >= 0.6 is 0 Å². The summed E-state index contributed by atoms with van der Waals surface area (Å²) < 4.78 is 5.58. The quantitative estimate of drug-likeness (QED) is 0.844. The molecule has 0 aromatic heterocycles. The molecule has 4 N–H and O–H groups in total. The van der Waals surface area contributed by atoms with E-state index in [2.05, 4.69) is 33.8 Å². The van der Waals surface area contributed by atoms with E-state index in [1.807, 2.05) is 0 Å². The molecule has 102 valence electrons. The molecule has 18 heavy (non-hydrogen) atoms. The number of ether oxygens (including phenoxy) is 1. The van der Waals surface area contributed by atoms with Crippen molar-refractivity contribution in [1.82, 2.24) is 0 Å². The molecule has 1 aromatic rings. The Bertz CT molecular complexity index is 411. The molecule has 0 spiro atoms. The maximum atomic E-state index is 6.40. The molecule has 0 radical (unpaired) electrons. The highest BCUT2D eigenvalue weighted by atomic mass is 16.5. The summed E-state index contributed by atoms with van der Waals surface area (Å²) in [7, 11) is 1.71. The molecule has 0 aliphatic heterocycles. The fourth-order valence-electron chi connectivity index (χ4n) is 2.55. The van der Waals surface area contributed by atoms with Crippen LogP contribution in [0, 0.1) is 26.7 Å². The van der Waals surface area contributed by atoms with Gasteiger partial charge in [0, 0.05) is 11.6 Å². The van der Waals surface area contributed by atoms with Gasteiger partial charge < -0.3 is 16.2 Å². The summed E-state index contributed by atoms with van der Waals surface area (Å²) in [4.78, 5) is 0. The summed E-state index contributed by atoms with van der Waals surface area (Å²) in [5, 5.41) is 0. The van der Waals surface area contributed by atoms with Crippen molar-refractivity contribution in [2.45, 2.75) is 40.2 Å². The largest absolute Gasteiger partial charge is 0.496 e. The molecule has 0 aliphatic carbocycles. The summed E-state index contributed by atoms with van der Waals surface area (Å²) in [6, 6.07) is 2.12. The van der Waals surface area contributed by atoms with E-state index in [0.29, 0.717) is 12.5 Å². The summed E-state index contributed by atoms with van der Waals surface area (Å²) in [5.74, 6) is 1.21. The molecule has 3 nitrogen and oxygen atoms in total. The first-order valence-electron chi connectivity index (χ1n) is 6.58. The van der Waals surface area contributed by atoms with Crippen molar-refractivity contribution >= 4 is 0 Å². The highest BCUT2D eigenvalue weighted by molar-refractivity contribution is 5.51. The minimum atomic E-state index is -0.0609. The summed E-state index contributed by atoms with van der Waals surface area (Å²) >= 11 is 0. The first-order chi connectivity index (χ1) is 8.47. The van der Waals surface area contributed by atoms with Crippen molar-refractivity contribution in [3.63, 3.8) is 0 Å². The Morgan fingerprint density at radius 2 is 1.83 bits per heavy atom. The third-order valence-electron chi connectivity index (χ3n) is 3.91. The number of benzene rings is 1. The smallest absolute Gasteiger partial charge is 0.127 e. The Kier molecular flexibility index (Phi) is 5.17. The SMILES string of the molecule is CCC(CN)C(N)c1c(C)cc(C)c(C)c1OC. The monoisotopic (exact) mass is 250 g/mol. The molecular weight excluding hydrogens is 224 g/mol. The lowest BCUT2D eigenvalue weighted by molar-refractivity contribution is 0.377. The third kappa shape index (κ3) is 2.68. The number of hydrogen-bond donors (Lipinski definition) is 2. The molecule has 0 saturated carbocycles. The first kappa shape index (κ1) is 15.0. The highest BCUT2D eigenvalue weighted by Crippen LogP contribution is 2.36. The molecule has 0 aliphatic rings. The first-order valence-corrected chi connectivity index (χ1v) is 6.58. The Morgan fingerprint density at radius 1 is 1.22 bits per heavy atom. The van der Waals surface area contributed by atoms with E-state index in [4.69, 9.17) is 16.2 Å². The molecule has 1 rings (SSSR count). The van der Waals surface area contributed by atoms with Crippen molar-refractivity contribution in [2.24, 2.45) is 17.4 Å². The van der Waals surface area contributed by atoms with Crippen LogP contribution in [-0.4, -0.2) is 13.7 Å². The normalized spacial score (nSPS) is 14.4. The average molecular weight is 250 g/mol. The van der Waals surface area contributed by atoms with E-state index in [1.54, 1.807) is 7.11 Å². The summed E-state index contributed by atoms with van der Waals surface area (Å²) in [5.41, 5.74) is 16.9. The molecule has 0 amide bonds. The van der Waals surface area contributed by atoms with Gasteiger partial charge in [0.2, 0.25) is 0 Å². The van der Waals surface area contributed by atoms with E-state index in [9.17, 15) is 0 Å². The molecule has 0 heterocycles. The van der Waals surface area contributed by atoms with Crippen LogP contribution in [0.2, 0.25) is 0 Å². The number of nitrogens with two attached hydrogens (primary N) is 2. The average Bonchev–Trinajstić information content (AvgIpc) is 2.34. The highest BCUT2D eigenvalue weighted by Gasteiger charge is 2.23. The minimum Gasteiger partial charge on any atom is -0.496 e. The van der Waals surface area contributed by atoms with Gasteiger partial charge in [-0.2, -0.15) is 0 Å². The van der Waals surface area contributed by atoms with Crippen molar-refractivity contribution in [3.05, 3.63) is 28.3 Å². The molecule has 0 bridgehead atoms. The molecule has 0 saturated heterocycles. The van der Waals surface area contributed by atoms with Gasteiger partial charge in [-0.25, -0.2) is 0 Å². The van der Waals surface area contributed by atoms with Crippen molar-refractivity contribution in [1.29, 1.82) is 0 Å². The second-order valence-electron chi connectivity index (χ2n) is 5.01. The molecular formula is C15H26N2O. The second-order valence-corrected chi connectivity index (χ2v) is 5.01. The Morgan fingerprint density at radius 3 is 2.28 bits per heavy atom. The van der Waals surface area contributed by atoms with Gasteiger partial charge in [0.1, 0.15) is 5.75 Å². The van der Waals surface area contributed by atoms with Crippen LogP contribution < -0.4 is 16.2 Å². The van der Waals surface area contributed by atoms with Gasteiger partial charge in [0.15, 0.2) is 0 Å². The molecule has 0 fully saturated rings. The minimum absolute atomic E-state index is 0.0609. The van der Waals surface area contributed by atoms with Crippen LogP contribution in [0.3, 0.4) is 0 Å². The van der Waals surface area contributed by atoms with Crippen LogP contribution in [0.25, 0.3) is 0 Å². The van der Waals surface area contributed by atoms with Gasteiger partial charge in [-0.3, -0.25) is 0 Å². The molecule has 1 aromatic carbocycles. The number of aryl methyl sites for hydroxylation is 2. The molecule has 2 unspecified atom stereocenters. The second kappa shape index (κ2) is 6.21. The Balaban J connectivity index is 3.34. The Hall–Kier alpha value is -1.06. The zero-order chi connectivity index (χ0) is 13.9. The van der Waals surface area contributed by atoms with Crippen LogP contribution in [0.15, 0.2) is 6.07 Å². The number of hydrogen-bond acceptors (Lipinski definition) is 3. The number of rotatable bonds is 5. The Labute approximate surface area is 111 Å². The van der Waals surface area contributed by atoms with Crippen LogP contribution in [0.5, 0.6) is 5.75 Å². The van der Waals surface area contributed by atoms with Gasteiger partial charge in [0.05, 0.1) is 7.11 Å². The van der Waals surface area contributed by atoms with E-state index in [1.165, 1.54) is 16.7 Å². The maximum absolute atomic E-state index is 6.40. The van der Waals surface area contributed by atoms with E-state index < -0.39 is 0 Å². The summed E-state index contributed by atoms with van der Waals surface area (Å²) in [6.07, 6.45) is 0.979. The summed E-state index contributed by atoms with van der Waals surface area (Å²) in [6.45, 7) is 8.99. The fraction of sp³-hybridized carbons (Fsp3) is 0.600. The fourth-order valence-corrected chi connectivity index (χ4v) is 2.55. The lowest BCUT2D eigenvalue weighted by Gasteiger charge is -2.26. The van der Waals surface area contributed by atoms with Crippen LogP contribution in [0.4, 0.5) is 0 Å². The van der Waals surface area contributed by atoms with Crippen molar-refractivity contribution in [3.8, 4) is 5.75 Å². The predicted molar refractivity (Wildman–Crippen MR) is 77.0 cm³/mol. The van der Waals surface area contributed by atoms with Gasteiger partial charge in [0.25, 0.3) is 0 Å². The molecule has 2 atom stereocenters. The lowest BCUT2D eigenvalue weighted by atomic mass is 9.86. The predicted octanol–water partition coefficient (Wildman–Crippen LogP) is 2.61. The van der Waals surface area contributed by atoms with Gasteiger partial charge >= 0.3 is 0 Å². The van der Waals surface area contributed by atoms with Gasteiger partial charge in [-0.1, -0.05) is 19.4 Å². The topological polar surface area (TPSA) is 61.3 Å². The van der Waals surface area contributed by atoms with Crippen molar-refractivity contribution in [2.75, 3.05) is 13.7 Å². The zero-order valence-corrected chi connectivity index (χ0v) is 12.2. The number of methoxy groups -OCH3 is 1.